The molecular weight excluding hydrogens is 739 g/mol. The van der Waals surface area contributed by atoms with Crippen molar-refractivity contribution in [3.8, 4) is 44.5 Å². The van der Waals surface area contributed by atoms with E-state index in [1.165, 1.54) is 66.1 Å². The summed E-state index contributed by atoms with van der Waals surface area (Å²) in [5.74, 6) is 0. The molecule has 0 fully saturated rings. The Morgan fingerprint density at radius 2 is 1.02 bits per heavy atom. The Balaban J connectivity index is 1.18. The maximum atomic E-state index is 6.41. The van der Waals surface area contributed by atoms with E-state index in [-0.39, 0.29) is 5.41 Å². The summed E-state index contributed by atoms with van der Waals surface area (Å²) in [5, 5.41) is 7.16. The molecular formula is C59H41NO. The predicted octanol–water partition coefficient (Wildman–Crippen LogP) is 16.7. The molecule has 0 unspecified atom stereocenters. The van der Waals surface area contributed by atoms with Gasteiger partial charge in [-0.05, 0) is 126 Å². The zero-order chi connectivity index (χ0) is 40.7. The Kier molecular flexibility index (Phi) is 7.92. The first-order valence-corrected chi connectivity index (χ1v) is 21.2. The van der Waals surface area contributed by atoms with E-state index in [1.807, 2.05) is 6.07 Å². The summed E-state index contributed by atoms with van der Waals surface area (Å²) < 4.78 is 6.41. The highest BCUT2D eigenvalue weighted by molar-refractivity contribution is 6.16. The molecule has 0 amide bonds. The summed E-state index contributed by atoms with van der Waals surface area (Å²) in [7, 11) is 0. The Morgan fingerprint density at radius 3 is 1.90 bits per heavy atom. The van der Waals surface area contributed by atoms with Gasteiger partial charge in [-0.2, -0.15) is 0 Å². The number of benzene rings is 10. The lowest BCUT2D eigenvalue weighted by Gasteiger charge is -2.31. The Labute approximate surface area is 355 Å². The third-order valence-corrected chi connectivity index (χ3v) is 13.0. The molecule has 0 saturated carbocycles. The Bertz CT molecular complexity index is 3520. The summed E-state index contributed by atoms with van der Waals surface area (Å²) in [6.07, 6.45) is 0. The molecule has 1 aromatic heterocycles. The van der Waals surface area contributed by atoms with Gasteiger partial charge >= 0.3 is 0 Å². The number of furan rings is 1. The van der Waals surface area contributed by atoms with Crippen LogP contribution in [0.1, 0.15) is 25.0 Å². The van der Waals surface area contributed by atoms with Gasteiger partial charge < -0.3 is 9.32 Å². The summed E-state index contributed by atoms with van der Waals surface area (Å²) in [6, 6.07) is 77.7. The van der Waals surface area contributed by atoms with Crippen LogP contribution in [0.15, 0.2) is 217 Å². The van der Waals surface area contributed by atoms with Gasteiger partial charge in [0.1, 0.15) is 11.2 Å². The highest BCUT2D eigenvalue weighted by Gasteiger charge is 2.36. The van der Waals surface area contributed by atoms with Crippen molar-refractivity contribution in [3.63, 3.8) is 0 Å². The van der Waals surface area contributed by atoms with Crippen molar-refractivity contribution in [2.75, 3.05) is 4.90 Å². The van der Waals surface area contributed by atoms with Crippen molar-refractivity contribution in [1.29, 1.82) is 0 Å². The standard InChI is InChI=1S/C59H41NO/c1-59(2)53-27-12-10-24-47(53)48-32-31-43(37-54(48)59)60(42-20-14-19-39(34-42)38-16-4-3-5-17-38)55-28-15-26-50(51-35-40-18-6-7-21-44(40)45-22-8-9-23-46(45)51)58(55)41-30-33-57-52(36-41)49-25-11-13-29-56(49)61-57/h3-37H,1-2H3. The molecule has 1 heterocycles. The fourth-order valence-electron chi connectivity index (χ4n) is 10.1. The number of para-hydroxylation sites is 1. The fourth-order valence-corrected chi connectivity index (χ4v) is 10.1. The molecule has 2 heteroatoms. The fraction of sp³-hybridized carbons (Fsp3) is 0.0508. The van der Waals surface area contributed by atoms with Crippen LogP contribution >= 0.6 is 0 Å². The largest absolute Gasteiger partial charge is 0.456 e. The van der Waals surface area contributed by atoms with E-state index in [0.717, 1.165) is 50.1 Å². The third-order valence-electron chi connectivity index (χ3n) is 13.0. The van der Waals surface area contributed by atoms with E-state index in [2.05, 4.69) is 225 Å². The molecule has 1 aliphatic carbocycles. The van der Waals surface area contributed by atoms with Crippen LogP contribution in [0, 0.1) is 0 Å². The molecule has 0 atom stereocenters. The minimum atomic E-state index is -0.165. The summed E-state index contributed by atoms with van der Waals surface area (Å²) in [4.78, 5) is 2.49. The van der Waals surface area contributed by atoms with E-state index in [0.29, 0.717) is 0 Å². The molecule has 0 radical (unpaired) electrons. The van der Waals surface area contributed by atoms with E-state index >= 15 is 0 Å². The summed E-state index contributed by atoms with van der Waals surface area (Å²) in [6.45, 7) is 4.73. The second-order valence-corrected chi connectivity index (χ2v) is 16.9. The van der Waals surface area contributed by atoms with Crippen molar-refractivity contribution in [3.05, 3.63) is 223 Å². The van der Waals surface area contributed by atoms with Gasteiger partial charge in [0.05, 0.1) is 5.69 Å². The van der Waals surface area contributed by atoms with Gasteiger partial charge in [0.25, 0.3) is 0 Å². The molecule has 1 aliphatic rings. The highest BCUT2D eigenvalue weighted by Crippen LogP contribution is 2.53. The third kappa shape index (κ3) is 5.56. The van der Waals surface area contributed by atoms with Gasteiger partial charge in [-0.25, -0.2) is 0 Å². The summed E-state index contributed by atoms with van der Waals surface area (Å²) >= 11 is 0. The normalized spacial score (nSPS) is 12.9. The number of nitrogens with zero attached hydrogens (tertiary/aromatic N) is 1. The smallest absolute Gasteiger partial charge is 0.135 e. The van der Waals surface area contributed by atoms with Gasteiger partial charge in [-0.3, -0.25) is 0 Å². The molecule has 12 rings (SSSR count). The molecule has 11 aromatic rings. The van der Waals surface area contributed by atoms with Crippen LogP contribution in [-0.4, -0.2) is 0 Å². The Hall–Kier alpha value is -7.68. The van der Waals surface area contributed by atoms with Crippen molar-refractivity contribution in [2.45, 2.75) is 19.3 Å². The van der Waals surface area contributed by atoms with Crippen molar-refractivity contribution < 1.29 is 4.42 Å². The van der Waals surface area contributed by atoms with Crippen LogP contribution in [0.25, 0.3) is 88.0 Å². The topological polar surface area (TPSA) is 16.4 Å². The van der Waals surface area contributed by atoms with Crippen LogP contribution in [0.4, 0.5) is 17.1 Å². The molecule has 0 aliphatic heterocycles. The van der Waals surface area contributed by atoms with E-state index < -0.39 is 0 Å². The lowest BCUT2D eigenvalue weighted by molar-refractivity contribution is 0.660. The first-order valence-electron chi connectivity index (χ1n) is 21.2. The maximum Gasteiger partial charge on any atom is 0.135 e. The van der Waals surface area contributed by atoms with Crippen LogP contribution in [0.3, 0.4) is 0 Å². The summed E-state index contributed by atoms with van der Waals surface area (Å²) in [5.41, 5.74) is 17.2. The van der Waals surface area contributed by atoms with Gasteiger partial charge in [0.15, 0.2) is 0 Å². The molecule has 0 saturated heterocycles. The average molecular weight is 780 g/mol. The Morgan fingerprint density at radius 1 is 0.361 bits per heavy atom. The highest BCUT2D eigenvalue weighted by atomic mass is 16.3. The first kappa shape index (κ1) is 35.3. The molecule has 0 spiro atoms. The molecule has 0 bridgehead atoms. The minimum Gasteiger partial charge on any atom is -0.456 e. The average Bonchev–Trinajstić information content (AvgIpc) is 3.80. The van der Waals surface area contributed by atoms with Crippen molar-refractivity contribution in [1.82, 2.24) is 0 Å². The monoisotopic (exact) mass is 779 g/mol. The maximum absolute atomic E-state index is 6.41. The molecule has 2 nitrogen and oxygen atoms in total. The lowest BCUT2D eigenvalue weighted by Crippen LogP contribution is -2.17. The number of hydrogen-bond acceptors (Lipinski definition) is 2. The first-order chi connectivity index (χ1) is 30.0. The van der Waals surface area contributed by atoms with Gasteiger partial charge in [-0.1, -0.05) is 172 Å². The number of rotatable bonds is 6. The molecule has 61 heavy (non-hydrogen) atoms. The SMILES string of the molecule is CC1(C)c2ccccc2-c2ccc(N(c3cccc(-c4ccccc4)c3)c3cccc(-c4cc5ccccc5c5ccccc45)c3-c3ccc4oc5ccccc5c4c3)cc21. The van der Waals surface area contributed by atoms with Crippen molar-refractivity contribution in [2.24, 2.45) is 0 Å². The molecule has 0 N–H and O–H groups in total. The van der Waals surface area contributed by atoms with Crippen LogP contribution in [-0.2, 0) is 5.41 Å². The number of anilines is 3. The molecule has 288 valence electrons. The predicted molar refractivity (Wildman–Crippen MR) is 257 cm³/mol. The molecule has 10 aromatic carbocycles. The van der Waals surface area contributed by atoms with Crippen LogP contribution in [0.5, 0.6) is 0 Å². The lowest BCUT2D eigenvalue weighted by atomic mass is 9.82. The second-order valence-electron chi connectivity index (χ2n) is 16.9. The zero-order valence-corrected chi connectivity index (χ0v) is 34.1. The van der Waals surface area contributed by atoms with Crippen LogP contribution < -0.4 is 4.90 Å². The van der Waals surface area contributed by atoms with Crippen LogP contribution in [0.2, 0.25) is 0 Å². The number of hydrogen-bond donors (Lipinski definition) is 0. The minimum absolute atomic E-state index is 0.165. The van der Waals surface area contributed by atoms with Gasteiger partial charge in [-0.15, -0.1) is 0 Å². The van der Waals surface area contributed by atoms with E-state index in [4.69, 9.17) is 4.42 Å². The van der Waals surface area contributed by atoms with Gasteiger partial charge in [0.2, 0.25) is 0 Å². The quantitative estimate of drug-likeness (QED) is 0.156. The van der Waals surface area contributed by atoms with Crippen molar-refractivity contribution >= 4 is 60.5 Å². The zero-order valence-electron chi connectivity index (χ0n) is 34.1. The van der Waals surface area contributed by atoms with E-state index in [1.54, 1.807) is 0 Å². The van der Waals surface area contributed by atoms with Gasteiger partial charge in [0, 0.05) is 33.1 Å². The second kappa shape index (κ2) is 13.7. The van der Waals surface area contributed by atoms with E-state index in [9.17, 15) is 0 Å². The number of fused-ring (bicyclic) bond motifs is 9.